The molecule has 1 N–H and O–H groups in total. The molecule has 0 unspecified atom stereocenters. The highest BCUT2D eigenvalue weighted by Crippen LogP contribution is 2.45. The Morgan fingerprint density at radius 1 is 1.11 bits per heavy atom. The molecule has 2 aromatic carbocycles. The number of nitrogens with zero attached hydrogens (tertiary/aromatic N) is 1. The first-order valence-corrected chi connectivity index (χ1v) is 9.68. The van der Waals surface area contributed by atoms with E-state index in [2.05, 4.69) is 49.2 Å². The fourth-order valence-electron chi connectivity index (χ4n) is 4.61. The van der Waals surface area contributed by atoms with Crippen molar-refractivity contribution in [1.82, 2.24) is 9.88 Å². The number of carbonyl (C=O) groups is 1. The van der Waals surface area contributed by atoms with Crippen molar-refractivity contribution in [2.45, 2.75) is 32.1 Å². The summed E-state index contributed by atoms with van der Waals surface area (Å²) in [5, 5.41) is 1.10. The molecule has 4 nitrogen and oxygen atoms in total. The number of ether oxygens (including phenoxy) is 1. The summed E-state index contributed by atoms with van der Waals surface area (Å²) in [4.78, 5) is 18.4. The molecular formula is C23H24N2O2. The number of benzene rings is 2. The van der Waals surface area contributed by atoms with Crippen molar-refractivity contribution in [3.05, 3.63) is 64.8 Å². The van der Waals surface area contributed by atoms with Crippen LogP contribution < -0.4 is 4.74 Å². The zero-order valence-corrected chi connectivity index (χ0v) is 15.8. The molecule has 1 amide bonds. The maximum Gasteiger partial charge on any atom is 0.270 e. The average Bonchev–Trinajstić information content (AvgIpc) is 3.28. The van der Waals surface area contributed by atoms with Crippen molar-refractivity contribution < 1.29 is 9.53 Å². The molecule has 0 saturated carbocycles. The van der Waals surface area contributed by atoms with Gasteiger partial charge in [-0.2, -0.15) is 0 Å². The third-order valence-corrected chi connectivity index (χ3v) is 6.53. The Balaban J connectivity index is 1.37. The van der Waals surface area contributed by atoms with E-state index in [1.54, 1.807) is 0 Å². The minimum absolute atomic E-state index is 0.0710. The van der Waals surface area contributed by atoms with Crippen molar-refractivity contribution in [2.24, 2.45) is 0 Å². The normalized spacial score (nSPS) is 17.9. The van der Waals surface area contributed by atoms with Crippen molar-refractivity contribution in [2.75, 3.05) is 19.7 Å². The quantitative estimate of drug-likeness (QED) is 0.701. The highest BCUT2D eigenvalue weighted by Gasteiger charge is 2.43. The van der Waals surface area contributed by atoms with E-state index in [1.165, 1.54) is 16.7 Å². The molecule has 2 aliphatic rings. The van der Waals surface area contributed by atoms with Gasteiger partial charge in [0.1, 0.15) is 11.4 Å². The molecule has 1 saturated heterocycles. The standard InChI is InChI=1S/C23H24N2O2/c1-15-7-8-17-13-19(24-21(17)16(15)2)22(26)25-11-9-23(10-12-25)14-27-20-6-4-3-5-18(20)23/h3-8,13,24H,9-12,14H2,1-2H3. The maximum absolute atomic E-state index is 13.1. The lowest BCUT2D eigenvalue weighted by Gasteiger charge is -2.38. The first kappa shape index (κ1) is 16.4. The number of aromatic nitrogens is 1. The van der Waals surface area contributed by atoms with E-state index < -0.39 is 0 Å². The lowest BCUT2D eigenvalue weighted by atomic mass is 9.74. The molecule has 138 valence electrons. The Bertz CT molecular complexity index is 1040. The number of carbonyl (C=O) groups excluding carboxylic acids is 1. The van der Waals surface area contributed by atoms with Crippen LogP contribution in [-0.2, 0) is 5.41 Å². The number of likely N-dealkylation sites (tertiary alicyclic amines) is 1. The summed E-state index contributed by atoms with van der Waals surface area (Å²) in [6.07, 6.45) is 1.90. The van der Waals surface area contributed by atoms with Crippen molar-refractivity contribution in [1.29, 1.82) is 0 Å². The number of hydrogen-bond donors (Lipinski definition) is 1. The van der Waals surface area contributed by atoms with Crippen LogP contribution in [0.5, 0.6) is 5.75 Å². The fraction of sp³-hybridized carbons (Fsp3) is 0.348. The monoisotopic (exact) mass is 360 g/mol. The van der Waals surface area contributed by atoms with E-state index in [0.717, 1.165) is 49.2 Å². The average molecular weight is 360 g/mol. The van der Waals surface area contributed by atoms with E-state index in [4.69, 9.17) is 4.74 Å². The first-order valence-electron chi connectivity index (χ1n) is 9.68. The van der Waals surface area contributed by atoms with Crippen LogP contribution in [0.25, 0.3) is 10.9 Å². The molecule has 2 aliphatic heterocycles. The summed E-state index contributed by atoms with van der Waals surface area (Å²) >= 11 is 0. The summed E-state index contributed by atoms with van der Waals surface area (Å²) in [6, 6.07) is 14.5. The molecule has 4 heteroatoms. The molecule has 1 spiro atoms. The zero-order valence-electron chi connectivity index (χ0n) is 15.8. The van der Waals surface area contributed by atoms with Crippen LogP contribution in [0.2, 0.25) is 0 Å². The predicted molar refractivity (Wildman–Crippen MR) is 107 cm³/mol. The van der Waals surface area contributed by atoms with Gasteiger partial charge in [-0.05, 0) is 49.9 Å². The van der Waals surface area contributed by atoms with Crippen LogP contribution in [0.3, 0.4) is 0 Å². The van der Waals surface area contributed by atoms with Crippen LogP contribution in [0, 0.1) is 13.8 Å². The van der Waals surface area contributed by atoms with Crippen LogP contribution in [-0.4, -0.2) is 35.5 Å². The van der Waals surface area contributed by atoms with Crippen molar-refractivity contribution in [3.8, 4) is 5.75 Å². The number of para-hydroxylation sites is 1. The van der Waals surface area contributed by atoms with E-state index in [9.17, 15) is 4.79 Å². The van der Waals surface area contributed by atoms with Gasteiger partial charge in [0.15, 0.2) is 0 Å². The molecule has 27 heavy (non-hydrogen) atoms. The molecule has 1 aromatic heterocycles. The zero-order chi connectivity index (χ0) is 18.6. The van der Waals surface area contributed by atoms with Gasteiger partial charge in [0.25, 0.3) is 5.91 Å². The summed E-state index contributed by atoms with van der Waals surface area (Å²) in [7, 11) is 0. The topological polar surface area (TPSA) is 45.3 Å². The molecular weight excluding hydrogens is 336 g/mol. The number of aromatic amines is 1. The van der Waals surface area contributed by atoms with Gasteiger partial charge in [-0.3, -0.25) is 4.79 Å². The predicted octanol–water partition coefficient (Wildman–Crippen LogP) is 4.35. The second kappa shape index (κ2) is 5.88. The molecule has 3 aromatic rings. The van der Waals surface area contributed by atoms with E-state index in [-0.39, 0.29) is 11.3 Å². The molecule has 0 aliphatic carbocycles. The van der Waals surface area contributed by atoms with Crippen LogP contribution >= 0.6 is 0 Å². The Morgan fingerprint density at radius 3 is 2.70 bits per heavy atom. The Morgan fingerprint density at radius 2 is 1.89 bits per heavy atom. The highest BCUT2D eigenvalue weighted by molar-refractivity contribution is 5.99. The number of hydrogen-bond acceptors (Lipinski definition) is 2. The van der Waals surface area contributed by atoms with Gasteiger partial charge in [-0.1, -0.05) is 30.3 Å². The van der Waals surface area contributed by atoms with Gasteiger partial charge in [-0.15, -0.1) is 0 Å². The minimum Gasteiger partial charge on any atom is -0.492 e. The first-order chi connectivity index (χ1) is 13.1. The van der Waals surface area contributed by atoms with Gasteiger partial charge >= 0.3 is 0 Å². The SMILES string of the molecule is Cc1ccc2cc(C(=O)N3CCC4(CC3)COc3ccccc34)[nH]c2c1C. The third kappa shape index (κ3) is 2.47. The third-order valence-electron chi connectivity index (χ3n) is 6.53. The van der Waals surface area contributed by atoms with E-state index >= 15 is 0 Å². The minimum atomic E-state index is 0.0710. The Labute approximate surface area is 159 Å². The molecule has 0 atom stereocenters. The second-order valence-corrected chi connectivity index (χ2v) is 8.01. The highest BCUT2D eigenvalue weighted by atomic mass is 16.5. The lowest BCUT2D eigenvalue weighted by Crippen LogP contribution is -2.46. The Hall–Kier alpha value is -2.75. The van der Waals surface area contributed by atoms with E-state index in [0.29, 0.717) is 5.69 Å². The summed E-state index contributed by atoms with van der Waals surface area (Å²) in [5.41, 5.74) is 5.60. The molecule has 5 rings (SSSR count). The summed E-state index contributed by atoms with van der Waals surface area (Å²) in [6.45, 7) is 6.47. The largest absolute Gasteiger partial charge is 0.492 e. The van der Waals surface area contributed by atoms with Gasteiger partial charge in [-0.25, -0.2) is 0 Å². The lowest BCUT2D eigenvalue weighted by molar-refractivity contribution is 0.0642. The fourth-order valence-corrected chi connectivity index (χ4v) is 4.61. The number of aryl methyl sites for hydroxylation is 2. The van der Waals surface area contributed by atoms with Gasteiger partial charge in [0.05, 0.1) is 6.61 Å². The van der Waals surface area contributed by atoms with Crippen LogP contribution in [0.1, 0.15) is 40.0 Å². The van der Waals surface area contributed by atoms with Gasteiger partial charge in [0.2, 0.25) is 0 Å². The number of amides is 1. The van der Waals surface area contributed by atoms with Crippen LogP contribution in [0.4, 0.5) is 0 Å². The Kier molecular flexibility index (Phi) is 3.58. The van der Waals surface area contributed by atoms with E-state index in [1.807, 2.05) is 17.0 Å². The summed E-state index contributed by atoms with van der Waals surface area (Å²) < 4.78 is 5.93. The van der Waals surface area contributed by atoms with Crippen molar-refractivity contribution in [3.63, 3.8) is 0 Å². The van der Waals surface area contributed by atoms with Gasteiger partial charge in [0, 0.05) is 35.0 Å². The number of nitrogens with one attached hydrogen (secondary N) is 1. The molecule has 0 radical (unpaired) electrons. The van der Waals surface area contributed by atoms with Gasteiger partial charge < -0.3 is 14.6 Å². The number of rotatable bonds is 1. The number of fused-ring (bicyclic) bond motifs is 3. The number of piperidine rings is 1. The molecule has 1 fully saturated rings. The van der Waals surface area contributed by atoms with Crippen molar-refractivity contribution >= 4 is 16.8 Å². The second-order valence-electron chi connectivity index (χ2n) is 8.01. The number of H-pyrrole nitrogens is 1. The molecule has 3 heterocycles. The summed E-state index contributed by atoms with van der Waals surface area (Å²) in [5.74, 6) is 1.11. The van der Waals surface area contributed by atoms with Crippen LogP contribution in [0.15, 0.2) is 42.5 Å². The maximum atomic E-state index is 13.1. The smallest absolute Gasteiger partial charge is 0.270 e. The molecule has 0 bridgehead atoms.